The van der Waals surface area contributed by atoms with Gasteiger partial charge in [-0.15, -0.1) is 21.5 Å². The smallest absolute Gasteiger partial charge is 0.191 e. The van der Waals surface area contributed by atoms with Crippen molar-refractivity contribution in [3.8, 4) is 11.4 Å². The van der Waals surface area contributed by atoms with Crippen LogP contribution in [0.4, 0.5) is 0 Å². The van der Waals surface area contributed by atoms with Crippen molar-refractivity contribution in [2.24, 2.45) is 0 Å². The summed E-state index contributed by atoms with van der Waals surface area (Å²) >= 11 is 8.94. The monoisotopic (exact) mass is 391 g/mol. The third-order valence-electron chi connectivity index (χ3n) is 3.61. The van der Waals surface area contributed by atoms with Crippen LogP contribution in [-0.2, 0) is 6.54 Å². The molecule has 0 spiro atoms. The summed E-state index contributed by atoms with van der Waals surface area (Å²) in [6, 6.07) is 11.4. The minimum Gasteiger partial charge on any atom is -0.302 e. The van der Waals surface area contributed by atoms with Crippen molar-refractivity contribution in [1.82, 2.24) is 14.8 Å². The average Bonchev–Trinajstić information content (AvgIpc) is 3.21. The SMILES string of the molecule is CCCn1c(SCC(=O)c2ccc(C)s2)nnc1-c1ccc(Cl)cc1. The van der Waals surface area contributed by atoms with Gasteiger partial charge in [0.15, 0.2) is 16.8 Å². The van der Waals surface area contributed by atoms with Crippen molar-refractivity contribution in [3.05, 3.63) is 51.2 Å². The van der Waals surface area contributed by atoms with Gasteiger partial charge in [0.1, 0.15) is 0 Å². The summed E-state index contributed by atoms with van der Waals surface area (Å²) in [7, 11) is 0. The van der Waals surface area contributed by atoms with Crippen molar-refractivity contribution in [3.63, 3.8) is 0 Å². The Morgan fingerprint density at radius 3 is 2.60 bits per heavy atom. The molecule has 0 radical (unpaired) electrons. The molecule has 0 aliphatic rings. The zero-order chi connectivity index (χ0) is 17.8. The Morgan fingerprint density at radius 2 is 1.96 bits per heavy atom. The van der Waals surface area contributed by atoms with Gasteiger partial charge in [0.25, 0.3) is 0 Å². The predicted octanol–water partition coefficient (Wildman–Crippen LogP) is 5.35. The Balaban J connectivity index is 1.79. The molecule has 0 bridgehead atoms. The molecule has 130 valence electrons. The number of aromatic nitrogens is 3. The number of benzene rings is 1. The number of thioether (sulfide) groups is 1. The quantitative estimate of drug-likeness (QED) is 0.402. The minimum absolute atomic E-state index is 0.127. The summed E-state index contributed by atoms with van der Waals surface area (Å²) in [6.07, 6.45) is 0.963. The number of ketones is 1. The molecule has 2 aromatic heterocycles. The number of rotatable bonds is 7. The second kappa shape index (κ2) is 8.17. The summed E-state index contributed by atoms with van der Waals surface area (Å²) in [5.74, 6) is 1.30. The van der Waals surface area contributed by atoms with E-state index in [1.165, 1.54) is 23.1 Å². The standard InChI is InChI=1S/C18H18ClN3OS2/c1-3-10-22-17(13-5-7-14(19)8-6-13)20-21-18(22)24-11-15(23)16-9-4-12(2)25-16/h4-9H,3,10-11H2,1-2H3. The largest absolute Gasteiger partial charge is 0.302 e. The molecule has 0 fully saturated rings. The van der Waals surface area contributed by atoms with Crippen molar-refractivity contribution in [2.75, 3.05) is 5.75 Å². The van der Waals surface area contributed by atoms with Gasteiger partial charge in [-0.2, -0.15) is 0 Å². The van der Waals surface area contributed by atoms with Gasteiger partial charge in [-0.25, -0.2) is 0 Å². The fourth-order valence-electron chi connectivity index (χ4n) is 2.42. The molecular formula is C18H18ClN3OS2. The summed E-state index contributed by atoms with van der Waals surface area (Å²) in [4.78, 5) is 14.3. The Kier molecular flexibility index (Phi) is 5.93. The van der Waals surface area contributed by atoms with E-state index in [0.29, 0.717) is 10.8 Å². The lowest BCUT2D eigenvalue weighted by Gasteiger charge is -2.08. The highest BCUT2D eigenvalue weighted by atomic mass is 35.5. The van der Waals surface area contributed by atoms with Gasteiger partial charge < -0.3 is 4.57 Å². The number of aryl methyl sites for hydroxylation is 1. The van der Waals surface area contributed by atoms with Crippen molar-refractivity contribution in [2.45, 2.75) is 32.0 Å². The van der Waals surface area contributed by atoms with E-state index in [4.69, 9.17) is 11.6 Å². The first-order chi connectivity index (χ1) is 12.1. The number of halogens is 1. The second-order valence-corrected chi connectivity index (χ2v) is 8.25. The van der Waals surface area contributed by atoms with Gasteiger partial charge in [-0.3, -0.25) is 4.79 Å². The number of nitrogens with zero attached hydrogens (tertiary/aromatic N) is 3. The molecule has 4 nitrogen and oxygen atoms in total. The highest BCUT2D eigenvalue weighted by Crippen LogP contribution is 2.26. The molecule has 25 heavy (non-hydrogen) atoms. The molecule has 1 aromatic carbocycles. The van der Waals surface area contributed by atoms with Crippen LogP contribution in [0.5, 0.6) is 0 Å². The lowest BCUT2D eigenvalue weighted by Crippen LogP contribution is -2.05. The van der Waals surface area contributed by atoms with Crippen molar-refractivity contribution >= 4 is 40.5 Å². The summed E-state index contributed by atoms with van der Waals surface area (Å²) in [5, 5.41) is 10.1. The highest BCUT2D eigenvalue weighted by molar-refractivity contribution is 7.99. The topological polar surface area (TPSA) is 47.8 Å². The minimum atomic E-state index is 0.127. The zero-order valence-corrected chi connectivity index (χ0v) is 16.4. The van der Waals surface area contributed by atoms with E-state index in [9.17, 15) is 4.79 Å². The molecule has 0 amide bonds. The highest BCUT2D eigenvalue weighted by Gasteiger charge is 2.16. The molecule has 0 aliphatic carbocycles. The number of hydrogen-bond acceptors (Lipinski definition) is 5. The molecular weight excluding hydrogens is 374 g/mol. The first-order valence-electron chi connectivity index (χ1n) is 8.00. The molecule has 2 heterocycles. The molecule has 3 aromatic rings. The Hall–Kier alpha value is -1.63. The summed E-state index contributed by atoms with van der Waals surface area (Å²) in [5.41, 5.74) is 0.970. The van der Waals surface area contributed by atoms with Crippen LogP contribution in [0.25, 0.3) is 11.4 Å². The molecule has 0 saturated heterocycles. The van der Waals surface area contributed by atoms with Crippen LogP contribution in [0.3, 0.4) is 0 Å². The van der Waals surface area contributed by atoms with Crippen LogP contribution in [-0.4, -0.2) is 26.3 Å². The normalized spacial score (nSPS) is 11.0. The van der Waals surface area contributed by atoms with Crippen LogP contribution in [0.2, 0.25) is 5.02 Å². The van der Waals surface area contributed by atoms with Gasteiger partial charge in [0, 0.05) is 22.0 Å². The molecule has 0 aliphatic heterocycles. The molecule has 0 unspecified atom stereocenters. The van der Waals surface area contributed by atoms with E-state index in [0.717, 1.165) is 39.3 Å². The van der Waals surface area contributed by atoms with E-state index in [2.05, 4.69) is 21.7 Å². The first kappa shape index (κ1) is 18.2. The molecule has 3 rings (SSSR count). The maximum absolute atomic E-state index is 12.3. The summed E-state index contributed by atoms with van der Waals surface area (Å²) in [6.45, 7) is 4.92. The van der Waals surface area contributed by atoms with Gasteiger partial charge >= 0.3 is 0 Å². The number of carbonyl (C=O) groups is 1. The number of thiophene rings is 1. The van der Waals surface area contributed by atoms with Gasteiger partial charge in [0.05, 0.1) is 10.6 Å². The molecule has 0 atom stereocenters. The number of carbonyl (C=O) groups excluding carboxylic acids is 1. The maximum Gasteiger partial charge on any atom is 0.191 e. The molecule has 7 heteroatoms. The average molecular weight is 392 g/mol. The van der Waals surface area contributed by atoms with E-state index in [1.54, 1.807) is 0 Å². The number of Topliss-reactive ketones (excluding diaryl/α,β-unsaturated/α-hetero) is 1. The first-order valence-corrected chi connectivity index (χ1v) is 10.2. The second-order valence-electron chi connectivity index (χ2n) is 5.59. The Labute approximate surface area is 160 Å². The maximum atomic E-state index is 12.3. The van der Waals surface area contributed by atoms with Crippen LogP contribution >= 0.6 is 34.7 Å². The fourth-order valence-corrected chi connectivity index (χ4v) is 4.29. The lowest BCUT2D eigenvalue weighted by atomic mass is 10.2. The van der Waals surface area contributed by atoms with Gasteiger partial charge in [0.2, 0.25) is 0 Å². The zero-order valence-electron chi connectivity index (χ0n) is 14.0. The van der Waals surface area contributed by atoms with Crippen LogP contribution in [0, 0.1) is 6.92 Å². The third-order valence-corrected chi connectivity index (χ3v) is 5.87. The lowest BCUT2D eigenvalue weighted by molar-refractivity contribution is 0.102. The molecule has 0 saturated carbocycles. The fraction of sp³-hybridized carbons (Fsp3) is 0.278. The Bertz CT molecular complexity index is 871. The van der Waals surface area contributed by atoms with Gasteiger partial charge in [-0.05, 0) is 49.7 Å². The van der Waals surface area contributed by atoms with E-state index in [1.807, 2.05) is 43.3 Å². The van der Waals surface area contributed by atoms with Crippen LogP contribution in [0.15, 0.2) is 41.6 Å². The summed E-state index contributed by atoms with van der Waals surface area (Å²) < 4.78 is 2.07. The van der Waals surface area contributed by atoms with E-state index in [-0.39, 0.29) is 5.78 Å². The molecule has 0 N–H and O–H groups in total. The van der Waals surface area contributed by atoms with Crippen molar-refractivity contribution in [1.29, 1.82) is 0 Å². The van der Waals surface area contributed by atoms with E-state index >= 15 is 0 Å². The van der Waals surface area contributed by atoms with Crippen molar-refractivity contribution < 1.29 is 4.79 Å². The number of hydrogen-bond donors (Lipinski definition) is 0. The third kappa shape index (κ3) is 4.32. The van der Waals surface area contributed by atoms with Crippen LogP contribution in [0.1, 0.15) is 27.9 Å². The van der Waals surface area contributed by atoms with Crippen LogP contribution < -0.4 is 0 Å². The van der Waals surface area contributed by atoms with E-state index < -0.39 is 0 Å². The van der Waals surface area contributed by atoms with Gasteiger partial charge in [-0.1, -0.05) is 30.3 Å². The Morgan fingerprint density at radius 1 is 1.20 bits per heavy atom. The predicted molar refractivity (Wildman–Crippen MR) is 105 cm³/mol.